The standard InChI is InChI=1S/C24H32N2O5/c1-5-13-29-14-9-15-30-16-12-25-18(2)20(19-10-7-6-8-11-19)17-21(22(25)27)26-23(28)31-24(26,3)4/h1,6-8,10-11,18,20-21H,9,12-17H2,2-4H3. The van der Waals surface area contributed by atoms with Crippen molar-refractivity contribution in [1.82, 2.24) is 9.80 Å². The number of nitrogens with zero attached hydrogens (tertiary/aromatic N) is 2. The van der Waals surface area contributed by atoms with E-state index in [0.29, 0.717) is 39.4 Å². The number of hydrogen-bond donors (Lipinski definition) is 0. The predicted molar refractivity (Wildman–Crippen MR) is 116 cm³/mol. The van der Waals surface area contributed by atoms with Crippen molar-refractivity contribution < 1.29 is 23.8 Å². The van der Waals surface area contributed by atoms with Crippen molar-refractivity contribution in [3.8, 4) is 12.3 Å². The number of carbonyl (C=O) groups is 2. The zero-order valence-electron chi connectivity index (χ0n) is 18.6. The molecule has 2 heterocycles. The minimum absolute atomic E-state index is 0.00544. The lowest BCUT2D eigenvalue weighted by atomic mass is 9.80. The summed E-state index contributed by atoms with van der Waals surface area (Å²) in [5.74, 6) is 2.49. The molecule has 3 atom stereocenters. The zero-order valence-corrected chi connectivity index (χ0v) is 18.6. The third kappa shape index (κ3) is 5.20. The maximum atomic E-state index is 13.4. The topological polar surface area (TPSA) is 68.3 Å². The number of benzene rings is 1. The minimum Gasteiger partial charge on any atom is -0.423 e. The Labute approximate surface area is 184 Å². The van der Waals surface area contributed by atoms with Crippen molar-refractivity contribution in [2.45, 2.75) is 57.3 Å². The lowest BCUT2D eigenvalue weighted by Crippen LogP contribution is -2.71. The summed E-state index contributed by atoms with van der Waals surface area (Å²) in [6, 6.07) is 9.60. The molecule has 2 amide bonds. The van der Waals surface area contributed by atoms with Crippen LogP contribution in [0.3, 0.4) is 0 Å². The second-order valence-corrected chi connectivity index (χ2v) is 8.45. The summed E-state index contributed by atoms with van der Waals surface area (Å²) in [4.78, 5) is 29.0. The van der Waals surface area contributed by atoms with E-state index in [2.05, 4.69) is 25.0 Å². The summed E-state index contributed by atoms with van der Waals surface area (Å²) >= 11 is 0. The van der Waals surface area contributed by atoms with Gasteiger partial charge in [0.05, 0.1) is 13.2 Å². The minimum atomic E-state index is -0.778. The van der Waals surface area contributed by atoms with Gasteiger partial charge in [0.25, 0.3) is 0 Å². The van der Waals surface area contributed by atoms with Crippen LogP contribution >= 0.6 is 0 Å². The Balaban J connectivity index is 1.67. The van der Waals surface area contributed by atoms with Gasteiger partial charge in [-0.1, -0.05) is 36.3 Å². The lowest BCUT2D eigenvalue weighted by molar-refractivity contribution is -0.195. The van der Waals surface area contributed by atoms with Crippen LogP contribution in [0.25, 0.3) is 0 Å². The van der Waals surface area contributed by atoms with Crippen molar-refractivity contribution in [1.29, 1.82) is 0 Å². The highest BCUT2D eigenvalue weighted by atomic mass is 16.6. The van der Waals surface area contributed by atoms with Crippen LogP contribution in [0.4, 0.5) is 4.79 Å². The highest BCUT2D eigenvalue weighted by molar-refractivity contribution is 5.89. The van der Waals surface area contributed by atoms with Crippen LogP contribution in [0.2, 0.25) is 0 Å². The summed E-state index contributed by atoms with van der Waals surface area (Å²) in [7, 11) is 0. The number of likely N-dealkylation sites (tertiary alicyclic amines) is 1. The van der Waals surface area contributed by atoms with Crippen LogP contribution in [-0.2, 0) is 19.0 Å². The molecule has 2 saturated heterocycles. The van der Waals surface area contributed by atoms with E-state index in [1.807, 2.05) is 36.9 Å². The smallest absolute Gasteiger partial charge is 0.415 e. The van der Waals surface area contributed by atoms with Crippen LogP contribution in [-0.4, -0.2) is 72.6 Å². The Morgan fingerprint density at radius 3 is 2.52 bits per heavy atom. The number of terminal acetylenes is 1. The van der Waals surface area contributed by atoms with Crippen LogP contribution in [0, 0.1) is 12.3 Å². The molecule has 3 rings (SSSR count). The second-order valence-electron chi connectivity index (χ2n) is 8.45. The van der Waals surface area contributed by atoms with Crippen LogP contribution < -0.4 is 0 Å². The molecule has 0 spiro atoms. The molecule has 0 aliphatic carbocycles. The van der Waals surface area contributed by atoms with Crippen molar-refractivity contribution in [2.24, 2.45) is 0 Å². The molecule has 2 aliphatic rings. The molecule has 7 nitrogen and oxygen atoms in total. The molecule has 31 heavy (non-hydrogen) atoms. The number of hydrogen-bond acceptors (Lipinski definition) is 5. The number of carbonyl (C=O) groups excluding carboxylic acids is 2. The van der Waals surface area contributed by atoms with E-state index in [9.17, 15) is 9.59 Å². The van der Waals surface area contributed by atoms with Gasteiger partial charge >= 0.3 is 6.09 Å². The molecule has 2 fully saturated rings. The SMILES string of the molecule is C#CCOCCCOCCN1C(=O)C(N2C(=O)OC2(C)C)CC(c2ccccc2)C1C. The van der Waals surface area contributed by atoms with Gasteiger partial charge in [0.1, 0.15) is 12.6 Å². The predicted octanol–water partition coefficient (Wildman–Crippen LogP) is 3.00. The molecule has 0 bridgehead atoms. The van der Waals surface area contributed by atoms with Crippen LogP contribution in [0.1, 0.15) is 45.1 Å². The molecule has 1 aromatic carbocycles. The maximum Gasteiger partial charge on any atom is 0.415 e. The van der Waals surface area contributed by atoms with Gasteiger partial charge in [0.2, 0.25) is 5.91 Å². The summed E-state index contributed by atoms with van der Waals surface area (Å²) in [5, 5.41) is 0. The number of rotatable bonds is 10. The summed E-state index contributed by atoms with van der Waals surface area (Å²) < 4.78 is 16.2. The fourth-order valence-corrected chi connectivity index (χ4v) is 4.45. The maximum absolute atomic E-state index is 13.4. The summed E-state index contributed by atoms with van der Waals surface area (Å²) in [5.41, 5.74) is 0.385. The second kappa shape index (κ2) is 10.2. The number of ether oxygens (including phenoxy) is 3. The van der Waals surface area contributed by atoms with E-state index < -0.39 is 17.9 Å². The zero-order chi connectivity index (χ0) is 22.4. The summed E-state index contributed by atoms with van der Waals surface area (Å²) in [6.07, 6.45) is 6.03. The molecular formula is C24H32N2O5. The van der Waals surface area contributed by atoms with E-state index in [0.717, 1.165) is 12.0 Å². The molecule has 1 aromatic rings. The van der Waals surface area contributed by atoms with E-state index in [1.165, 1.54) is 0 Å². The monoisotopic (exact) mass is 428 g/mol. The van der Waals surface area contributed by atoms with E-state index >= 15 is 0 Å². The fraction of sp³-hybridized carbons (Fsp3) is 0.583. The Kier molecular flexibility index (Phi) is 7.58. The van der Waals surface area contributed by atoms with Gasteiger partial charge in [-0.15, -0.1) is 6.42 Å². The Morgan fingerprint density at radius 2 is 1.87 bits per heavy atom. The first-order valence-corrected chi connectivity index (χ1v) is 10.8. The Hall–Kier alpha value is -2.56. The van der Waals surface area contributed by atoms with Gasteiger partial charge < -0.3 is 19.1 Å². The molecule has 0 radical (unpaired) electrons. The quantitative estimate of drug-likeness (QED) is 0.423. The van der Waals surface area contributed by atoms with Crippen LogP contribution in [0.5, 0.6) is 0 Å². The van der Waals surface area contributed by atoms with Crippen LogP contribution in [0.15, 0.2) is 30.3 Å². The highest BCUT2D eigenvalue weighted by Gasteiger charge is 2.55. The number of piperidine rings is 1. The van der Waals surface area contributed by atoms with E-state index in [4.69, 9.17) is 20.6 Å². The number of cyclic esters (lactones) is 1. The largest absolute Gasteiger partial charge is 0.423 e. The lowest BCUT2D eigenvalue weighted by Gasteiger charge is -2.54. The molecule has 0 aromatic heterocycles. The van der Waals surface area contributed by atoms with Crippen molar-refractivity contribution in [3.63, 3.8) is 0 Å². The van der Waals surface area contributed by atoms with Crippen molar-refractivity contribution >= 4 is 12.0 Å². The molecule has 7 heteroatoms. The Morgan fingerprint density at radius 1 is 1.16 bits per heavy atom. The molecule has 3 unspecified atom stereocenters. The normalized spacial score (nSPS) is 25.0. The molecular weight excluding hydrogens is 396 g/mol. The first-order valence-electron chi connectivity index (χ1n) is 10.8. The van der Waals surface area contributed by atoms with Crippen molar-refractivity contribution in [3.05, 3.63) is 35.9 Å². The third-order valence-electron chi connectivity index (χ3n) is 6.01. The van der Waals surface area contributed by atoms with Gasteiger partial charge in [0.15, 0.2) is 5.72 Å². The van der Waals surface area contributed by atoms with Gasteiger partial charge in [-0.25, -0.2) is 4.79 Å². The molecule has 0 N–H and O–H groups in total. The average Bonchev–Trinajstić information content (AvgIpc) is 2.74. The Bertz CT molecular complexity index is 804. The molecule has 0 saturated carbocycles. The fourth-order valence-electron chi connectivity index (χ4n) is 4.45. The molecule has 2 aliphatic heterocycles. The van der Waals surface area contributed by atoms with E-state index in [1.54, 1.807) is 4.90 Å². The average molecular weight is 429 g/mol. The first-order chi connectivity index (χ1) is 14.9. The third-order valence-corrected chi connectivity index (χ3v) is 6.01. The first kappa shape index (κ1) is 23.1. The van der Waals surface area contributed by atoms with Gasteiger partial charge in [-0.05, 0) is 39.2 Å². The highest BCUT2D eigenvalue weighted by Crippen LogP contribution is 2.40. The van der Waals surface area contributed by atoms with Crippen molar-refractivity contribution in [2.75, 3.05) is 33.0 Å². The molecule has 168 valence electrons. The van der Waals surface area contributed by atoms with Gasteiger partial charge in [-0.2, -0.15) is 0 Å². The van der Waals surface area contributed by atoms with E-state index in [-0.39, 0.29) is 17.9 Å². The van der Waals surface area contributed by atoms with Gasteiger partial charge in [0, 0.05) is 25.1 Å². The summed E-state index contributed by atoms with van der Waals surface area (Å²) in [6.45, 7) is 7.98. The number of amides is 2. The van der Waals surface area contributed by atoms with Gasteiger partial charge in [-0.3, -0.25) is 9.69 Å².